The first-order chi connectivity index (χ1) is 13.7. The lowest BCUT2D eigenvalue weighted by Gasteiger charge is -2.16. The van der Waals surface area contributed by atoms with Crippen molar-refractivity contribution in [2.45, 2.75) is 32.7 Å². The van der Waals surface area contributed by atoms with Crippen LogP contribution in [0, 0.1) is 0 Å². The number of rotatable bonds is 9. The molecule has 0 unspecified atom stereocenters. The SMILES string of the molecule is CCNC(=NCc1ccc(COCC(F)(F)F)cc1)NCCN1CCCS1(=O)=O.I. The number of alkyl halides is 3. The van der Waals surface area contributed by atoms with Crippen LogP contribution in [0.25, 0.3) is 0 Å². The van der Waals surface area contributed by atoms with Crippen molar-refractivity contribution in [2.24, 2.45) is 4.99 Å². The van der Waals surface area contributed by atoms with E-state index in [-0.39, 0.29) is 36.3 Å². The van der Waals surface area contributed by atoms with Gasteiger partial charge in [0.25, 0.3) is 0 Å². The van der Waals surface area contributed by atoms with Crippen molar-refractivity contribution in [3.8, 4) is 0 Å². The van der Waals surface area contributed by atoms with Gasteiger partial charge >= 0.3 is 6.18 Å². The number of nitrogens with one attached hydrogen (secondary N) is 2. The molecule has 0 atom stereocenters. The summed E-state index contributed by atoms with van der Waals surface area (Å²) in [6.07, 6.45) is -3.67. The Bertz CT molecular complexity index is 774. The van der Waals surface area contributed by atoms with Crippen LogP contribution in [-0.4, -0.2) is 63.4 Å². The quantitative estimate of drug-likeness (QED) is 0.274. The summed E-state index contributed by atoms with van der Waals surface area (Å²) in [5, 5.41) is 6.21. The molecule has 0 aromatic heterocycles. The first kappa shape index (κ1) is 26.9. The molecule has 1 aliphatic heterocycles. The van der Waals surface area contributed by atoms with Gasteiger partial charge in [-0.1, -0.05) is 24.3 Å². The van der Waals surface area contributed by atoms with E-state index in [4.69, 9.17) is 0 Å². The molecule has 2 rings (SSSR count). The predicted molar refractivity (Wildman–Crippen MR) is 120 cm³/mol. The second kappa shape index (κ2) is 12.7. The Hall–Kier alpha value is -1.12. The lowest BCUT2D eigenvalue weighted by molar-refractivity contribution is -0.176. The van der Waals surface area contributed by atoms with E-state index in [0.717, 1.165) is 5.56 Å². The number of halogens is 4. The second-order valence-electron chi connectivity index (χ2n) is 6.62. The van der Waals surface area contributed by atoms with Gasteiger partial charge in [-0.3, -0.25) is 0 Å². The number of benzene rings is 1. The van der Waals surface area contributed by atoms with Gasteiger partial charge in [-0.2, -0.15) is 13.2 Å². The van der Waals surface area contributed by atoms with Crippen molar-refractivity contribution < 1.29 is 26.3 Å². The number of ether oxygens (including phenoxy) is 1. The minimum Gasteiger partial charge on any atom is -0.367 e. The van der Waals surface area contributed by atoms with Crippen LogP contribution in [0.1, 0.15) is 24.5 Å². The molecule has 7 nitrogen and oxygen atoms in total. The van der Waals surface area contributed by atoms with Crippen LogP contribution >= 0.6 is 24.0 Å². The van der Waals surface area contributed by atoms with Crippen LogP contribution < -0.4 is 10.6 Å². The van der Waals surface area contributed by atoms with Crippen LogP contribution in [0.5, 0.6) is 0 Å². The largest absolute Gasteiger partial charge is 0.411 e. The Morgan fingerprint density at radius 2 is 1.87 bits per heavy atom. The van der Waals surface area contributed by atoms with E-state index in [1.165, 1.54) is 4.31 Å². The molecule has 1 heterocycles. The maximum absolute atomic E-state index is 12.1. The zero-order chi connectivity index (χ0) is 21.3. The highest BCUT2D eigenvalue weighted by molar-refractivity contribution is 14.0. The van der Waals surface area contributed by atoms with Crippen LogP contribution in [0.3, 0.4) is 0 Å². The third-order valence-electron chi connectivity index (χ3n) is 4.18. The maximum atomic E-state index is 12.1. The van der Waals surface area contributed by atoms with Crippen LogP contribution in [0.15, 0.2) is 29.3 Å². The molecule has 0 saturated carbocycles. The summed E-state index contributed by atoms with van der Waals surface area (Å²) in [6, 6.07) is 6.99. The van der Waals surface area contributed by atoms with Gasteiger partial charge in [0.05, 0.1) is 18.9 Å². The molecule has 0 amide bonds. The molecule has 2 N–H and O–H groups in total. The number of nitrogens with zero attached hydrogens (tertiary/aromatic N) is 2. The fraction of sp³-hybridized carbons (Fsp3) is 0.611. The third-order valence-corrected chi connectivity index (χ3v) is 6.13. The summed E-state index contributed by atoms with van der Waals surface area (Å²) >= 11 is 0. The van der Waals surface area contributed by atoms with Gasteiger partial charge in [0.2, 0.25) is 10.0 Å². The molecule has 0 bridgehead atoms. The van der Waals surface area contributed by atoms with E-state index >= 15 is 0 Å². The lowest BCUT2D eigenvalue weighted by Crippen LogP contribution is -2.42. The van der Waals surface area contributed by atoms with Crippen molar-refractivity contribution in [1.29, 1.82) is 0 Å². The molecular weight excluding hydrogens is 536 g/mol. The maximum Gasteiger partial charge on any atom is 0.411 e. The Labute approximate surface area is 192 Å². The van der Waals surface area contributed by atoms with E-state index in [0.29, 0.717) is 50.7 Å². The molecule has 1 aliphatic rings. The number of sulfonamides is 1. The van der Waals surface area contributed by atoms with Crippen molar-refractivity contribution in [3.63, 3.8) is 0 Å². The minimum atomic E-state index is -4.33. The molecule has 1 aromatic carbocycles. The Kier molecular flexibility index (Phi) is 11.4. The van der Waals surface area contributed by atoms with Gasteiger partial charge in [0.15, 0.2) is 5.96 Å². The fourth-order valence-electron chi connectivity index (χ4n) is 2.78. The molecule has 1 aromatic rings. The highest BCUT2D eigenvalue weighted by Gasteiger charge is 2.28. The van der Waals surface area contributed by atoms with Crippen molar-refractivity contribution in [3.05, 3.63) is 35.4 Å². The molecule has 1 saturated heterocycles. The first-order valence-electron chi connectivity index (χ1n) is 9.42. The van der Waals surface area contributed by atoms with E-state index in [1.54, 1.807) is 24.3 Å². The third kappa shape index (κ3) is 9.79. The minimum absolute atomic E-state index is 0. The smallest absolute Gasteiger partial charge is 0.367 e. The van der Waals surface area contributed by atoms with Crippen LogP contribution in [-0.2, 0) is 27.9 Å². The number of guanidine groups is 1. The predicted octanol–water partition coefficient (Wildman–Crippen LogP) is 2.47. The zero-order valence-corrected chi connectivity index (χ0v) is 19.9. The van der Waals surface area contributed by atoms with Gasteiger partial charge < -0.3 is 15.4 Å². The molecule has 0 aliphatic carbocycles. The molecule has 0 spiro atoms. The number of aliphatic imine (C=N–C) groups is 1. The first-order valence-corrected chi connectivity index (χ1v) is 11.0. The molecule has 30 heavy (non-hydrogen) atoms. The molecule has 172 valence electrons. The van der Waals surface area contributed by atoms with Crippen LogP contribution in [0.2, 0.25) is 0 Å². The van der Waals surface area contributed by atoms with Crippen molar-refractivity contribution in [1.82, 2.24) is 14.9 Å². The summed E-state index contributed by atoms with van der Waals surface area (Å²) in [5.74, 6) is 0.778. The number of hydrogen-bond acceptors (Lipinski definition) is 4. The molecule has 12 heteroatoms. The average molecular weight is 564 g/mol. The Morgan fingerprint density at radius 1 is 1.20 bits per heavy atom. The lowest BCUT2D eigenvalue weighted by atomic mass is 10.1. The normalized spacial score (nSPS) is 16.9. The summed E-state index contributed by atoms with van der Waals surface area (Å²) < 4.78 is 66.0. The van der Waals surface area contributed by atoms with Gasteiger partial charge in [0, 0.05) is 26.2 Å². The van der Waals surface area contributed by atoms with Gasteiger partial charge in [0.1, 0.15) is 6.61 Å². The van der Waals surface area contributed by atoms with E-state index in [2.05, 4.69) is 20.4 Å². The van der Waals surface area contributed by atoms with E-state index < -0.39 is 22.8 Å². The summed E-state index contributed by atoms with van der Waals surface area (Å²) in [5.41, 5.74) is 1.54. The summed E-state index contributed by atoms with van der Waals surface area (Å²) in [4.78, 5) is 4.45. The molecular formula is C18H28F3IN4O3S. The number of hydrogen-bond donors (Lipinski definition) is 2. The van der Waals surface area contributed by atoms with E-state index in [1.807, 2.05) is 6.92 Å². The van der Waals surface area contributed by atoms with Crippen molar-refractivity contribution >= 4 is 40.0 Å². The molecule has 1 fully saturated rings. The summed E-state index contributed by atoms with van der Waals surface area (Å²) in [7, 11) is -3.11. The topological polar surface area (TPSA) is 83.0 Å². The zero-order valence-electron chi connectivity index (χ0n) is 16.7. The second-order valence-corrected chi connectivity index (χ2v) is 8.70. The standard InChI is InChI=1S/C18H27F3N4O3S.HI/c1-2-22-17(23-8-10-25-9-3-11-29(25,26)27)24-12-15-4-6-16(7-5-15)13-28-14-18(19,20)21;/h4-7H,2-3,8-14H2,1H3,(H2,22,23,24);1H. The van der Waals surface area contributed by atoms with E-state index in [9.17, 15) is 21.6 Å². The van der Waals surface area contributed by atoms with Gasteiger partial charge in [-0.15, -0.1) is 24.0 Å². The van der Waals surface area contributed by atoms with Gasteiger partial charge in [-0.25, -0.2) is 17.7 Å². The van der Waals surface area contributed by atoms with Crippen molar-refractivity contribution in [2.75, 3.05) is 38.5 Å². The highest BCUT2D eigenvalue weighted by Crippen LogP contribution is 2.16. The Balaban J connectivity index is 0.00000450. The highest BCUT2D eigenvalue weighted by atomic mass is 127. The van der Waals surface area contributed by atoms with Crippen LogP contribution in [0.4, 0.5) is 13.2 Å². The monoisotopic (exact) mass is 564 g/mol. The molecule has 0 radical (unpaired) electrons. The van der Waals surface area contributed by atoms with Gasteiger partial charge in [-0.05, 0) is 24.5 Å². The fourth-order valence-corrected chi connectivity index (χ4v) is 4.31. The summed E-state index contributed by atoms with van der Waals surface area (Å²) in [6.45, 7) is 2.97. The average Bonchev–Trinajstić information content (AvgIpc) is 2.98. The Morgan fingerprint density at radius 3 is 2.43 bits per heavy atom.